The second-order valence-corrected chi connectivity index (χ2v) is 6.43. The number of amides is 1. The van der Waals surface area contributed by atoms with Crippen LogP contribution in [0.5, 0.6) is 0 Å². The number of hydrogen-bond donors (Lipinski definition) is 0. The SMILES string of the molecule is CCOCC(=O)N1CCC(c2nnc(Cn3ccnc3C)n2C)CC1. The van der Waals surface area contributed by atoms with Crippen molar-refractivity contribution in [3.05, 3.63) is 29.9 Å². The number of aromatic nitrogens is 5. The van der Waals surface area contributed by atoms with Gasteiger partial charge in [0, 0.05) is 45.1 Å². The lowest BCUT2D eigenvalue weighted by Gasteiger charge is -2.31. The molecule has 1 aliphatic heterocycles. The number of ether oxygens (including phenoxy) is 1. The van der Waals surface area contributed by atoms with Gasteiger partial charge in [-0.1, -0.05) is 0 Å². The second-order valence-electron chi connectivity index (χ2n) is 6.43. The maximum Gasteiger partial charge on any atom is 0.248 e. The van der Waals surface area contributed by atoms with E-state index in [2.05, 4.69) is 24.3 Å². The molecule has 1 saturated heterocycles. The average molecular weight is 346 g/mol. The first-order chi connectivity index (χ1) is 12.1. The van der Waals surface area contributed by atoms with Gasteiger partial charge in [-0.3, -0.25) is 4.79 Å². The Hall–Kier alpha value is -2.22. The maximum absolute atomic E-state index is 12.0. The zero-order valence-corrected chi connectivity index (χ0v) is 15.2. The first kappa shape index (κ1) is 17.6. The van der Waals surface area contributed by atoms with Crippen LogP contribution in [0, 0.1) is 6.92 Å². The fourth-order valence-corrected chi connectivity index (χ4v) is 3.26. The first-order valence-corrected chi connectivity index (χ1v) is 8.81. The third-order valence-corrected chi connectivity index (χ3v) is 4.88. The highest BCUT2D eigenvalue weighted by atomic mass is 16.5. The third-order valence-electron chi connectivity index (χ3n) is 4.88. The largest absolute Gasteiger partial charge is 0.372 e. The molecule has 3 rings (SSSR count). The van der Waals surface area contributed by atoms with Crippen molar-refractivity contribution in [1.29, 1.82) is 0 Å². The molecule has 1 amide bonds. The highest BCUT2D eigenvalue weighted by molar-refractivity contribution is 5.77. The number of likely N-dealkylation sites (tertiary alicyclic amines) is 1. The molecule has 136 valence electrons. The van der Waals surface area contributed by atoms with Crippen LogP contribution in [0.4, 0.5) is 0 Å². The first-order valence-electron chi connectivity index (χ1n) is 8.81. The van der Waals surface area contributed by atoms with Gasteiger partial charge in [-0.05, 0) is 26.7 Å². The Balaban J connectivity index is 1.60. The standard InChI is InChI=1S/C17H26N6O2/c1-4-25-12-16(24)22-8-5-14(6-9-22)17-20-19-15(21(17)3)11-23-10-7-18-13(23)2/h7,10,14H,4-6,8-9,11-12H2,1-3H3. The fraction of sp³-hybridized carbons (Fsp3) is 0.647. The topological polar surface area (TPSA) is 78.1 Å². The molecule has 1 aliphatic rings. The van der Waals surface area contributed by atoms with Gasteiger partial charge in [0.2, 0.25) is 5.91 Å². The van der Waals surface area contributed by atoms with Gasteiger partial charge in [0.1, 0.15) is 18.3 Å². The predicted octanol–water partition coefficient (Wildman–Crippen LogP) is 1.11. The van der Waals surface area contributed by atoms with Crippen molar-refractivity contribution in [2.45, 2.75) is 39.2 Å². The number of piperidine rings is 1. The van der Waals surface area contributed by atoms with Crippen LogP contribution < -0.4 is 0 Å². The van der Waals surface area contributed by atoms with Crippen molar-refractivity contribution < 1.29 is 9.53 Å². The maximum atomic E-state index is 12.0. The Bertz CT molecular complexity index is 715. The molecular formula is C17H26N6O2. The zero-order valence-electron chi connectivity index (χ0n) is 15.2. The van der Waals surface area contributed by atoms with Crippen molar-refractivity contribution >= 4 is 5.91 Å². The summed E-state index contributed by atoms with van der Waals surface area (Å²) in [4.78, 5) is 18.2. The molecule has 0 aliphatic carbocycles. The minimum atomic E-state index is 0.0783. The molecule has 8 nitrogen and oxygen atoms in total. The minimum Gasteiger partial charge on any atom is -0.372 e. The Morgan fingerprint density at radius 1 is 1.32 bits per heavy atom. The van der Waals surface area contributed by atoms with E-state index in [-0.39, 0.29) is 12.5 Å². The van der Waals surface area contributed by atoms with Crippen molar-refractivity contribution in [2.24, 2.45) is 7.05 Å². The summed E-state index contributed by atoms with van der Waals surface area (Å²) in [7, 11) is 2.02. The van der Waals surface area contributed by atoms with E-state index < -0.39 is 0 Å². The predicted molar refractivity (Wildman–Crippen MR) is 92.1 cm³/mol. The van der Waals surface area contributed by atoms with Crippen LogP contribution in [-0.4, -0.2) is 61.4 Å². The monoisotopic (exact) mass is 346 g/mol. The van der Waals surface area contributed by atoms with E-state index in [1.54, 1.807) is 6.20 Å². The summed E-state index contributed by atoms with van der Waals surface area (Å²) in [5.74, 6) is 3.31. The molecule has 1 fully saturated rings. The van der Waals surface area contributed by atoms with Gasteiger partial charge in [0.05, 0.1) is 6.54 Å². The lowest BCUT2D eigenvalue weighted by atomic mass is 9.96. The van der Waals surface area contributed by atoms with E-state index in [4.69, 9.17) is 4.74 Å². The number of imidazole rings is 1. The number of rotatable bonds is 6. The van der Waals surface area contributed by atoms with E-state index in [0.717, 1.165) is 43.4 Å². The highest BCUT2D eigenvalue weighted by Gasteiger charge is 2.27. The zero-order chi connectivity index (χ0) is 17.8. The lowest BCUT2D eigenvalue weighted by Crippen LogP contribution is -2.40. The Morgan fingerprint density at radius 3 is 2.72 bits per heavy atom. The molecular weight excluding hydrogens is 320 g/mol. The van der Waals surface area contributed by atoms with Crippen LogP contribution in [-0.2, 0) is 23.1 Å². The smallest absolute Gasteiger partial charge is 0.248 e. The normalized spacial score (nSPS) is 15.7. The van der Waals surface area contributed by atoms with Crippen LogP contribution in [0.25, 0.3) is 0 Å². The number of hydrogen-bond acceptors (Lipinski definition) is 5. The molecule has 2 aromatic heterocycles. The average Bonchev–Trinajstić information content (AvgIpc) is 3.19. The quantitative estimate of drug-likeness (QED) is 0.783. The van der Waals surface area contributed by atoms with E-state index in [1.807, 2.05) is 32.0 Å². The molecule has 0 saturated carbocycles. The van der Waals surface area contributed by atoms with Gasteiger partial charge in [-0.15, -0.1) is 10.2 Å². The summed E-state index contributed by atoms with van der Waals surface area (Å²) >= 11 is 0. The summed E-state index contributed by atoms with van der Waals surface area (Å²) in [6, 6.07) is 0. The molecule has 0 atom stereocenters. The number of aryl methyl sites for hydroxylation is 1. The van der Waals surface area contributed by atoms with Crippen molar-refractivity contribution in [2.75, 3.05) is 26.3 Å². The van der Waals surface area contributed by atoms with E-state index in [0.29, 0.717) is 19.1 Å². The molecule has 0 N–H and O–H groups in total. The van der Waals surface area contributed by atoms with Gasteiger partial charge < -0.3 is 18.8 Å². The van der Waals surface area contributed by atoms with Crippen LogP contribution in [0.1, 0.15) is 43.2 Å². The molecule has 2 aromatic rings. The van der Waals surface area contributed by atoms with Crippen molar-refractivity contribution in [3.63, 3.8) is 0 Å². The lowest BCUT2D eigenvalue weighted by molar-refractivity contribution is -0.137. The number of nitrogens with zero attached hydrogens (tertiary/aromatic N) is 6. The van der Waals surface area contributed by atoms with Crippen molar-refractivity contribution in [1.82, 2.24) is 29.2 Å². The highest BCUT2D eigenvalue weighted by Crippen LogP contribution is 2.27. The van der Waals surface area contributed by atoms with E-state index in [1.165, 1.54) is 0 Å². The van der Waals surface area contributed by atoms with Gasteiger partial charge in [0.15, 0.2) is 5.82 Å². The Morgan fingerprint density at radius 2 is 2.08 bits per heavy atom. The molecule has 0 bridgehead atoms. The van der Waals surface area contributed by atoms with Crippen molar-refractivity contribution in [3.8, 4) is 0 Å². The summed E-state index contributed by atoms with van der Waals surface area (Å²) < 4.78 is 9.36. The van der Waals surface area contributed by atoms with Crippen LogP contribution in [0.3, 0.4) is 0 Å². The summed E-state index contributed by atoms with van der Waals surface area (Å²) in [6.07, 6.45) is 5.57. The third kappa shape index (κ3) is 3.89. The number of carbonyl (C=O) groups excluding carboxylic acids is 1. The van der Waals surface area contributed by atoms with E-state index in [9.17, 15) is 4.79 Å². The van der Waals surface area contributed by atoms with E-state index >= 15 is 0 Å². The number of carbonyl (C=O) groups is 1. The molecule has 8 heteroatoms. The molecule has 3 heterocycles. The van der Waals surface area contributed by atoms with Gasteiger partial charge in [-0.2, -0.15) is 0 Å². The summed E-state index contributed by atoms with van der Waals surface area (Å²) in [5.41, 5.74) is 0. The molecule has 0 spiro atoms. The van der Waals surface area contributed by atoms with Crippen LogP contribution in [0.2, 0.25) is 0 Å². The van der Waals surface area contributed by atoms with Crippen LogP contribution >= 0.6 is 0 Å². The summed E-state index contributed by atoms with van der Waals surface area (Å²) in [6.45, 7) is 6.79. The molecule has 0 aromatic carbocycles. The van der Waals surface area contributed by atoms with Gasteiger partial charge in [-0.25, -0.2) is 4.98 Å². The van der Waals surface area contributed by atoms with Gasteiger partial charge in [0.25, 0.3) is 0 Å². The molecule has 0 unspecified atom stereocenters. The molecule has 0 radical (unpaired) electrons. The fourth-order valence-electron chi connectivity index (χ4n) is 3.26. The Kier molecular flexibility index (Phi) is 5.47. The molecule has 25 heavy (non-hydrogen) atoms. The summed E-state index contributed by atoms with van der Waals surface area (Å²) in [5, 5.41) is 8.79. The second kappa shape index (κ2) is 7.77. The van der Waals surface area contributed by atoms with Gasteiger partial charge >= 0.3 is 0 Å². The van der Waals surface area contributed by atoms with Crippen LogP contribution in [0.15, 0.2) is 12.4 Å². The minimum absolute atomic E-state index is 0.0783. The Labute approximate surface area is 147 Å².